The minimum absolute atomic E-state index is 0.111. The number of nitrogens with zero attached hydrogens (tertiary/aromatic N) is 1. The molecule has 6 nitrogen and oxygen atoms in total. The van der Waals surface area contributed by atoms with Gasteiger partial charge >= 0.3 is 0 Å². The molecule has 0 spiro atoms. The SMILES string of the molecule is CC(C)NS(=O)(=O)c1ccc(C(=O)Nc2cc(Cl)ccc2N(C)C)cc1. The highest BCUT2D eigenvalue weighted by Gasteiger charge is 2.16. The van der Waals surface area contributed by atoms with Crippen LogP contribution in [0.3, 0.4) is 0 Å². The van der Waals surface area contributed by atoms with Crippen LogP contribution in [-0.2, 0) is 10.0 Å². The molecule has 2 N–H and O–H groups in total. The average Bonchev–Trinajstić information content (AvgIpc) is 2.53. The van der Waals surface area contributed by atoms with Crippen molar-refractivity contribution < 1.29 is 13.2 Å². The molecule has 0 fully saturated rings. The fraction of sp³-hybridized carbons (Fsp3) is 0.278. The van der Waals surface area contributed by atoms with Gasteiger partial charge in [-0.05, 0) is 56.3 Å². The van der Waals surface area contributed by atoms with Gasteiger partial charge in [0.25, 0.3) is 5.91 Å². The minimum Gasteiger partial charge on any atom is -0.376 e. The molecular formula is C18H22ClN3O3S. The van der Waals surface area contributed by atoms with Crippen molar-refractivity contribution >= 4 is 38.9 Å². The number of hydrogen-bond donors (Lipinski definition) is 2. The number of halogens is 1. The molecule has 2 rings (SSSR count). The summed E-state index contributed by atoms with van der Waals surface area (Å²) in [4.78, 5) is 14.5. The van der Waals surface area contributed by atoms with Crippen LogP contribution in [0.15, 0.2) is 47.4 Å². The summed E-state index contributed by atoms with van der Waals surface area (Å²) >= 11 is 6.02. The number of carbonyl (C=O) groups is 1. The first-order chi connectivity index (χ1) is 12.1. The van der Waals surface area contributed by atoms with Crippen LogP contribution in [0.2, 0.25) is 5.02 Å². The Bertz CT molecular complexity index is 894. The number of anilines is 2. The molecule has 0 aromatic heterocycles. The van der Waals surface area contributed by atoms with Crippen molar-refractivity contribution in [1.82, 2.24) is 4.72 Å². The van der Waals surface area contributed by atoms with Gasteiger partial charge in [0, 0.05) is 30.7 Å². The number of amides is 1. The number of rotatable bonds is 6. The van der Waals surface area contributed by atoms with Crippen LogP contribution in [0, 0.1) is 0 Å². The highest BCUT2D eigenvalue weighted by Crippen LogP contribution is 2.28. The van der Waals surface area contributed by atoms with Crippen molar-refractivity contribution in [2.24, 2.45) is 0 Å². The molecule has 140 valence electrons. The summed E-state index contributed by atoms with van der Waals surface area (Å²) in [6, 6.07) is 10.8. The van der Waals surface area contributed by atoms with E-state index in [0.29, 0.717) is 16.3 Å². The molecule has 8 heteroatoms. The minimum atomic E-state index is -3.59. The van der Waals surface area contributed by atoms with E-state index in [4.69, 9.17) is 11.6 Å². The molecule has 0 aliphatic heterocycles. The van der Waals surface area contributed by atoms with Gasteiger partial charge in [-0.1, -0.05) is 11.6 Å². The molecular weight excluding hydrogens is 374 g/mol. The summed E-state index contributed by atoms with van der Waals surface area (Å²) in [7, 11) is 0.132. The van der Waals surface area contributed by atoms with Crippen molar-refractivity contribution in [2.45, 2.75) is 24.8 Å². The molecule has 0 bridgehead atoms. The van der Waals surface area contributed by atoms with Crippen molar-refractivity contribution in [1.29, 1.82) is 0 Å². The van der Waals surface area contributed by atoms with E-state index in [1.54, 1.807) is 26.0 Å². The number of sulfonamides is 1. The molecule has 0 atom stereocenters. The zero-order valence-electron chi connectivity index (χ0n) is 15.1. The van der Waals surface area contributed by atoms with Crippen LogP contribution < -0.4 is 14.9 Å². The Labute approximate surface area is 159 Å². The van der Waals surface area contributed by atoms with Crippen LogP contribution in [-0.4, -0.2) is 34.5 Å². The Kier molecular flexibility index (Phi) is 6.28. The van der Waals surface area contributed by atoms with Crippen molar-refractivity contribution in [3.8, 4) is 0 Å². The Morgan fingerprint density at radius 3 is 2.23 bits per heavy atom. The molecule has 0 saturated carbocycles. The highest BCUT2D eigenvalue weighted by atomic mass is 35.5. The van der Waals surface area contributed by atoms with Crippen molar-refractivity contribution in [3.63, 3.8) is 0 Å². The van der Waals surface area contributed by atoms with Crippen LogP contribution in [0.1, 0.15) is 24.2 Å². The van der Waals surface area contributed by atoms with E-state index in [9.17, 15) is 13.2 Å². The van der Waals surface area contributed by atoms with Crippen LogP contribution >= 0.6 is 11.6 Å². The molecule has 0 aliphatic rings. The maximum atomic E-state index is 12.5. The summed E-state index contributed by atoms with van der Waals surface area (Å²) in [6.07, 6.45) is 0. The summed E-state index contributed by atoms with van der Waals surface area (Å²) in [6.45, 7) is 3.49. The number of hydrogen-bond acceptors (Lipinski definition) is 4. The lowest BCUT2D eigenvalue weighted by atomic mass is 10.2. The maximum Gasteiger partial charge on any atom is 0.255 e. The lowest BCUT2D eigenvalue weighted by molar-refractivity contribution is 0.102. The molecule has 26 heavy (non-hydrogen) atoms. The Balaban J connectivity index is 2.23. The molecule has 2 aromatic rings. The lowest BCUT2D eigenvalue weighted by Gasteiger charge is -2.18. The third kappa shape index (κ3) is 4.97. The van der Waals surface area contributed by atoms with Crippen molar-refractivity contribution in [2.75, 3.05) is 24.3 Å². The second kappa shape index (κ2) is 8.07. The Morgan fingerprint density at radius 1 is 1.08 bits per heavy atom. The quantitative estimate of drug-likeness (QED) is 0.786. The second-order valence-corrected chi connectivity index (χ2v) is 8.46. The zero-order valence-corrected chi connectivity index (χ0v) is 16.6. The van der Waals surface area contributed by atoms with Crippen molar-refractivity contribution in [3.05, 3.63) is 53.1 Å². The third-order valence-electron chi connectivity index (χ3n) is 3.51. The van der Waals surface area contributed by atoms with E-state index < -0.39 is 10.0 Å². The van der Waals surface area contributed by atoms with Gasteiger partial charge in [0.05, 0.1) is 16.3 Å². The van der Waals surface area contributed by atoms with Gasteiger partial charge in [-0.2, -0.15) is 0 Å². The normalized spacial score (nSPS) is 11.5. The summed E-state index contributed by atoms with van der Waals surface area (Å²) in [5.74, 6) is -0.351. The molecule has 2 aromatic carbocycles. The fourth-order valence-corrected chi connectivity index (χ4v) is 3.78. The monoisotopic (exact) mass is 395 g/mol. The standard InChI is InChI=1S/C18H22ClN3O3S/c1-12(2)21-26(24,25)15-8-5-13(6-9-15)18(23)20-16-11-14(19)7-10-17(16)22(3)4/h5-12,21H,1-4H3,(H,20,23). The molecule has 0 aliphatic carbocycles. The summed E-state index contributed by atoms with van der Waals surface area (Å²) in [5.41, 5.74) is 1.73. The first-order valence-corrected chi connectivity index (χ1v) is 9.87. The van der Waals surface area contributed by atoms with E-state index in [0.717, 1.165) is 5.69 Å². The topological polar surface area (TPSA) is 78.5 Å². The van der Waals surface area contributed by atoms with E-state index >= 15 is 0 Å². The molecule has 0 heterocycles. The number of benzene rings is 2. The first kappa shape index (κ1) is 20.2. The van der Waals surface area contributed by atoms with E-state index in [1.165, 1.54) is 24.3 Å². The van der Waals surface area contributed by atoms with Gasteiger partial charge in [0.15, 0.2) is 0 Å². The molecule has 0 saturated heterocycles. The predicted molar refractivity (Wildman–Crippen MR) is 106 cm³/mol. The largest absolute Gasteiger partial charge is 0.376 e. The van der Waals surface area contributed by atoms with E-state index in [1.807, 2.05) is 25.1 Å². The lowest BCUT2D eigenvalue weighted by Crippen LogP contribution is -2.30. The smallest absolute Gasteiger partial charge is 0.255 e. The predicted octanol–water partition coefficient (Wildman–Crippen LogP) is 3.35. The number of carbonyl (C=O) groups excluding carboxylic acids is 1. The second-order valence-electron chi connectivity index (χ2n) is 6.31. The maximum absolute atomic E-state index is 12.5. The van der Waals surface area contributed by atoms with Gasteiger partial charge in [0.2, 0.25) is 10.0 Å². The highest BCUT2D eigenvalue weighted by molar-refractivity contribution is 7.89. The van der Waals surface area contributed by atoms with E-state index in [2.05, 4.69) is 10.0 Å². The van der Waals surface area contributed by atoms with Gasteiger partial charge in [0.1, 0.15) is 0 Å². The van der Waals surface area contributed by atoms with Gasteiger partial charge in [-0.25, -0.2) is 13.1 Å². The van der Waals surface area contributed by atoms with Crippen LogP contribution in [0.25, 0.3) is 0 Å². The molecule has 1 amide bonds. The third-order valence-corrected chi connectivity index (χ3v) is 5.42. The average molecular weight is 396 g/mol. The number of nitrogens with one attached hydrogen (secondary N) is 2. The molecule has 0 unspecified atom stereocenters. The zero-order chi connectivity index (χ0) is 19.5. The van der Waals surface area contributed by atoms with Gasteiger partial charge in [-0.3, -0.25) is 4.79 Å². The first-order valence-electron chi connectivity index (χ1n) is 8.01. The Hall–Kier alpha value is -2.09. The summed E-state index contributed by atoms with van der Waals surface area (Å²) < 4.78 is 26.8. The van der Waals surface area contributed by atoms with Gasteiger partial charge < -0.3 is 10.2 Å². The van der Waals surface area contributed by atoms with Gasteiger partial charge in [-0.15, -0.1) is 0 Å². The fourth-order valence-electron chi connectivity index (χ4n) is 2.36. The van der Waals surface area contributed by atoms with Crippen LogP contribution in [0.5, 0.6) is 0 Å². The summed E-state index contributed by atoms with van der Waals surface area (Å²) in [5, 5.41) is 3.32. The Morgan fingerprint density at radius 2 is 1.69 bits per heavy atom. The van der Waals surface area contributed by atoms with Crippen LogP contribution in [0.4, 0.5) is 11.4 Å². The van der Waals surface area contributed by atoms with E-state index in [-0.39, 0.29) is 16.8 Å². The molecule has 0 radical (unpaired) electrons.